The molecule has 2 amide bonds. The lowest BCUT2D eigenvalue weighted by molar-refractivity contribution is -0.120. The zero-order chi connectivity index (χ0) is 29.0. The Bertz CT molecular complexity index is 1330. The highest BCUT2D eigenvalue weighted by molar-refractivity contribution is 6.33. The van der Waals surface area contributed by atoms with Gasteiger partial charge in [0.15, 0.2) is 5.72 Å². The van der Waals surface area contributed by atoms with Crippen molar-refractivity contribution in [1.82, 2.24) is 30.7 Å². The normalized spacial score (nSPS) is 24.4. The van der Waals surface area contributed by atoms with Crippen molar-refractivity contribution in [2.75, 3.05) is 39.3 Å². The number of benzene rings is 1. The summed E-state index contributed by atoms with van der Waals surface area (Å²) in [5.41, 5.74) is 1.15. The van der Waals surface area contributed by atoms with Crippen molar-refractivity contribution in [2.24, 2.45) is 0 Å². The maximum atomic E-state index is 13.8. The maximum absolute atomic E-state index is 13.8. The first-order chi connectivity index (χ1) is 19.8. The van der Waals surface area contributed by atoms with E-state index in [0.29, 0.717) is 38.5 Å². The molecule has 2 aromatic rings. The average molecular weight is 583 g/mol. The van der Waals surface area contributed by atoms with Gasteiger partial charge in [-0.15, -0.1) is 0 Å². The van der Waals surface area contributed by atoms with E-state index in [-0.39, 0.29) is 34.5 Å². The van der Waals surface area contributed by atoms with Crippen LogP contribution < -0.4 is 16.0 Å². The third-order valence-electron chi connectivity index (χ3n) is 7.84. The molecule has 4 heterocycles. The molecule has 5 rings (SSSR count). The number of carbonyl (C=O) groups excluding carboxylic acids is 2. The van der Waals surface area contributed by atoms with E-state index >= 15 is 0 Å². The van der Waals surface area contributed by atoms with Gasteiger partial charge in [-0.3, -0.25) is 14.6 Å². The molecule has 3 aliphatic rings. The highest BCUT2D eigenvalue weighted by Gasteiger charge is 2.40. The van der Waals surface area contributed by atoms with Crippen molar-refractivity contribution in [2.45, 2.75) is 44.5 Å². The maximum Gasteiger partial charge on any atom is 0.269 e. The number of rotatable bonds is 8. The molecule has 0 spiro atoms. The zero-order valence-corrected chi connectivity index (χ0v) is 24.1. The summed E-state index contributed by atoms with van der Waals surface area (Å²) in [7, 11) is 0. The number of carbonyl (C=O) groups is 2. The van der Waals surface area contributed by atoms with E-state index in [1.165, 1.54) is 12.1 Å². The molecule has 41 heavy (non-hydrogen) atoms. The van der Waals surface area contributed by atoms with E-state index in [1.807, 2.05) is 31.2 Å². The van der Waals surface area contributed by atoms with E-state index in [0.717, 1.165) is 36.7 Å². The van der Waals surface area contributed by atoms with Crippen LogP contribution in [-0.2, 0) is 15.3 Å². The Morgan fingerprint density at radius 1 is 1.27 bits per heavy atom. The fraction of sp³-hybridized carbons (Fsp3) is 0.433. The van der Waals surface area contributed by atoms with Crippen LogP contribution in [0, 0.1) is 5.82 Å². The second kappa shape index (κ2) is 12.6. The third kappa shape index (κ3) is 6.10. The molecule has 11 heteroatoms. The second-order valence-corrected chi connectivity index (χ2v) is 10.8. The van der Waals surface area contributed by atoms with Gasteiger partial charge >= 0.3 is 0 Å². The number of hydrogen-bond acceptors (Lipinski definition) is 7. The monoisotopic (exact) mass is 582 g/mol. The largest absolute Gasteiger partial charge is 0.363 e. The molecule has 0 aliphatic carbocycles. The molecule has 2 fully saturated rings. The molecule has 3 N–H and O–H groups in total. The van der Waals surface area contributed by atoms with Crippen molar-refractivity contribution in [1.29, 1.82) is 0 Å². The fourth-order valence-electron chi connectivity index (χ4n) is 5.70. The van der Waals surface area contributed by atoms with Gasteiger partial charge in [-0.05, 0) is 62.7 Å². The van der Waals surface area contributed by atoms with Crippen molar-refractivity contribution >= 4 is 23.4 Å². The smallest absolute Gasteiger partial charge is 0.269 e. The number of nitrogens with zero attached hydrogens (tertiary/aromatic N) is 3. The topological polar surface area (TPSA) is 98.8 Å². The lowest BCUT2D eigenvalue weighted by atomic mass is 9.97. The van der Waals surface area contributed by atoms with E-state index in [4.69, 9.17) is 16.3 Å². The van der Waals surface area contributed by atoms with Gasteiger partial charge in [-0.25, -0.2) is 4.39 Å². The Balaban J connectivity index is 1.45. The Kier molecular flexibility index (Phi) is 8.91. The average Bonchev–Trinajstić information content (AvgIpc) is 3.50. The van der Waals surface area contributed by atoms with Gasteiger partial charge in [0, 0.05) is 62.8 Å². The molecule has 0 saturated carbocycles. The summed E-state index contributed by atoms with van der Waals surface area (Å²) >= 11 is 6.20. The first-order valence-corrected chi connectivity index (χ1v) is 14.5. The lowest BCUT2D eigenvalue weighted by Crippen LogP contribution is -2.57. The van der Waals surface area contributed by atoms with Gasteiger partial charge in [-0.1, -0.05) is 24.6 Å². The molecule has 218 valence electrons. The molecule has 3 aliphatic heterocycles. The summed E-state index contributed by atoms with van der Waals surface area (Å²) in [6, 6.07) is 7.54. The van der Waals surface area contributed by atoms with Gasteiger partial charge in [0.25, 0.3) is 11.8 Å². The number of allylic oxidation sites excluding steroid dienone is 1. The van der Waals surface area contributed by atoms with Crippen LogP contribution in [0.4, 0.5) is 4.39 Å². The predicted molar refractivity (Wildman–Crippen MR) is 154 cm³/mol. The number of dihydropyridines is 1. The van der Waals surface area contributed by atoms with Crippen LogP contribution in [0.15, 0.2) is 66.3 Å². The number of piperazine rings is 1. The lowest BCUT2D eigenvalue weighted by Gasteiger charge is -2.46. The predicted octanol–water partition coefficient (Wildman–Crippen LogP) is 3.15. The molecule has 0 bridgehead atoms. The number of nitrogens with one attached hydrogen (secondary N) is 3. The van der Waals surface area contributed by atoms with E-state index in [1.54, 1.807) is 17.3 Å². The van der Waals surface area contributed by atoms with Gasteiger partial charge in [-0.2, -0.15) is 0 Å². The summed E-state index contributed by atoms with van der Waals surface area (Å²) in [4.78, 5) is 35.4. The zero-order valence-electron chi connectivity index (χ0n) is 23.3. The highest BCUT2D eigenvalue weighted by Crippen LogP contribution is 2.33. The standard InChI is InChI=1S/C30H36ClFN6O3/c1-3-23-19-37(29(40)24-8-7-21(32)16-25(24)31)14-15-38(23)26-9-11-30(41-4-2,20-6-5-12-33-17-20)36-27(26)28(39)35-22-10-13-34-18-22/h5-9,11-12,16-17,22-23,34,36H,3-4,10,13-15,18-19H2,1-2H3,(H,35,39)/t22-,23-,30?/m1/s1. The summed E-state index contributed by atoms with van der Waals surface area (Å²) in [6.45, 7) is 7.30. The highest BCUT2D eigenvalue weighted by atomic mass is 35.5. The Morgan fingerprint density at radius 3 is 2.80 bits per heavy atom. The van der Waals surface area contributed by atoms with Crippen LogP contribution in [0.3, 0.4) is 0 Å². The van der Waals surface area contributed by atoms with Crippen LogP contribution in [0.2, 0.25) is 5.02 Å². The van der Waals surface area contributed by atoms with E-state index < -0.39 is 11.5 Å². The molecule has 1 unspecified atom stereocenters. The van der Waals surface area contributed by atoms with Gasteiger partial charge < -0.3 is 30.5 Å². The molecular formula is C30H36ClFN6O3. The first kappa shape index (κ1) is 29.0. The Hall–Kier alpha value is -3.47. The Labute approximate surface area is 244 Å². The summed E-state index contributed by atoms with van der Waals surface area (Å²) in [5, 5.41) is 10.0. The summed E-state index contributed by atoms with van der Waals surface area (Å²) < 4.78 is 19.8. The molecule has 1 aromatic heterocycles. The Morgan fingerprint density at radius 2 is 2.12 bits per heavy atom. The number of ether oxygens (including phenoxy) is 1. The van der Waals surface area contributed by atoms with E-state index in [2.05, 4.69) is 32.8 Å². The number of hydrogen-bond donors (Lipinski definition) is 3. The third-order valence-corrected chi connectivity index (χ3v) is 8.15. The minimum Gasteiger partial charge on any atom is -0.363 e. The van der Waals surface area contributed by atoms with Gasteiger partial charge in [0.2, 0.25) is 0 Å². The quantitative estimate of drug-likeness (QED) is 0.440. The van der Waals surface area contributed by atoms with E-state index in [9.17, 15) is 14.0 Å². The van der Waals surface area contributed by atoms with Gasteiger partial charge in [0.1, 0.15) is 11.5 Å². The molecular weight excluding hydrogens is 547 g/mol. The number of halogens is 2. The van der Waals surface area contributed by atoms with Crippen LogP contribution in [0.5, 0.6) is 0 Å². The fourth-order valence-corrected chi connectivity index (χ4v) is 5.95. The summed E-state index contributed by atoms with van der Waals surface area (Å²) in [5.74, 6) is -0.935. The number of amides is 2. The SMILES string of the molecule is CCOC1(c2cccnc2)C=CC(N2CCN(C(=O)c3ccc(F)cc3Cl)C[C@H]2CC)=C(C(=O)N[C@@H]2CCNC2)N1. The summed E-state index contributed by atoms with van der Waals surface area (Å²) in [6.07, 6.45) is 8.89. The van der Waals surface area contributed by atoms with Crippen LogP contribution in [0.1, 0.15) is 42.6 Å². The van der Waals surface area contributed by atoms with Crippen molar-refractivity contribution in [3.8, 4) is 0 Å². The van der Waals surface area contributed by atoms with Gasteiger partial charge in [0.05, 0.1) is 16.3 Å². The van der Waals surface area contributed by atoms with Crippen LogP contribution >= 0.6 is 11.6 Å². The van der Waals surface area contributed by atoms with Crippen molar-refractivity contribution in [3.63, 3.8) is 0 Å². The molecule has 2 saturated heterocycles. The molecule has 0 radical (unpaired) electrons. The van der Waals surface area contributed by atoms with Crippen LogP contribution in [-0.4, -0.2) is 78.0 Å². The van der Waals surface area contributed by atoms with Crippen LogP contribution in [0.25, 0.3) is 0 Å². The molecule has 3 atom stereocenters. The minimum absolute atomic E-state index is 0.0285. The minimum atomic E-state index is -1.06. The molecule has 1 aromatic carbocycles. The first-order valence-electron chi connectivity index (χ1n) is 14.1. The van der Waals surface area contributed by atoms with Crippen molar-refractivity contribution < 1.29 is 18.7 Å². The number of aromatic nitrogens is 1. The van der Waals surface area contributed by atoms with Crippen molar-refractivity contribution in [3.05, 3.63) is 88.2 Å². The number of pyridine rings is 1. The molecule has 9 nitrogen and oxygen atoms in total. The second-order valence-electron chi connectivity index (χ2n) is 10.4.